The maximum atomic E-state index is 13.8. The van der Waals surface area contributed by atoms with Gasteiger partial charge in [0.15, 0.2) is 0 Å². The van der Waals surface area contributed by atoms with Gasteiger partial charge >= 0.3 is 0 Å². The van der Waals surface area contributed by atoms with Gasteiger partial charge in [0.1, 0.15) is 11.5 Å². The minimum Gasteiger partial charge on any atom is -0.355 e. The van der Waals surface area contributed by atoms with Crippen molar-refractivity contribution in [3.05, 3.63) is 65.9 Å². The zero-order valence-corrected chi connectivity index (χ0v) is 15.6. The van der Waals surface area contributed by atoms with Crippen molar-refractivity contribution in [2.75, 3.05) is 18.0 Å². The van der Waals surface area contributed by atoms with Gasteiger partial charge < -0.3 is 14.6 Å². The third kappa shape index (κ3) is 3.60. The number of rotatable bonds is 5. The molecule has 0 saturated carbocycles. The Labute approximate surface area is 162 Å². The minimum absolute atomic E-state index is 0.135. The molecular formula is C21H21FN4O2. The van der Waals surface area contributed by atoms with Gasteiger partial charge in [0.05, 0.1) is 11.6 Å². The molecule has 2 amide bonds. The molecule has 1 unspecified atom stereocenters. The molecular weight excluding hydrogens is 359 g/mol. The number of benzene rings is 1. The summed E-state index contributed by atoms with van der Waals surface area (Å²) in [4.78, 5) is 30.7. The van der Waals surface area contributed by atoms with E-state index in [0.717, 1.165) is 11.3 Å². The third-order valence-corrected chi connectivity index (χ3v) is 5.06. The lowest BCUT2D eigenvalue weighted by atomic mass is 10.1. The molecule has 1 atom stereocenters. The standard InChI is InChI=1S/C21H21FN4O2/c1-14-5-6-17(11-18(14)22)26-12-15(10-20(26)27)21(28)23-8-7-16-13-25-9-3-2-4-19(25)24-16/h2-6,9,11,13,15H,7-8,10,12H2,1H3,(H,23,28). The number of imidazole rings is 1. The molecule has 1 saturated heterocycles. The second kappa shape index (κ2) is 7.42. The molecule has 0 bridgehead atoms. The van der Waals surface area contributed by atoms with Crippen LogP contribution in [0.2, 0.25) is 0 Å². The van der Waals surface area contributed by atoms with Crippen molar-refractivity contribution in [3.8, 4) is 0 Å². The van der Waals surface area contributed by atoms with Crippen LogP contribution < -0.4 is 10.2 Å². The van der Waals surface area contributed by atoms with Crippen molar-refractivity contribution in [1.82, 2.24) is 14.7 Å². The Balaban J connectivity index is 1.33. The molecule has 6 nitrogen and oxygen atoms in total. The van der Waals surface area contributed by atoms with E-state index >= 15 is 0 Å². The summed E-state index contributed by atoms with van der Waals surface area (Å²) in [6.07, 6.45) is 4.61. The first-order valence-corrected chi connectivity index (χ1v) is 9.28. The zero-order chi connectivity index (χ0) is 19.7. The molecule has 1 aliphatic rings. The summed E-state index contributed by atoms with van der Waals surface area (Å²) in [6.45, 7) is 2.39. The fourth-order valence-electron chi connectivity index (χ4n) is 3.45. The molecule has 3 heterocycles. The van der Waals surface area contributed by atoms with Crippen molar-refractivity contribution in [2.24, 2.45) is 5.92 Å². The molecule has 144 valence electrons. The van der Waals surface area contributed by atoms with E-state index in [-0.39, 0.29) is 30.6 Å². The average Bonchev–Trinajstić information content (AvgIpc) is 3.27. The van der Waals surface area contributed by atoms with Crippen molar-refractivity contribution < 1.29 is 14.0 Å². The Bertz CT molecular complexity index is 1010. The number of hydrogen-bond acceptors (Lipinski definition) is 3. The summed E-state index contributed by atoms with van der Waals surface area (Å²) < 4.78 is 15.7. The van der Waals surface area contributed by atoms with E-state index in [0.29, 0.717) is 24.2 Å². The lowest BCUT2D eigenvalue weighted by molar-refractivity contribution is -0.126. The number of amides is 2. The molecule has 0 aliphatic carbocycles. The first kappa shape index (κ1) is 18.2. The highest BCUT2D eigenvalue weighted by atomic mass is 19.1. The largest absolute Gasteiger partial charge is 0.355 e. The Morgan fingerprint density at radius 1 is 1.32 bits per heavy atom. The molecule has 1 aromatic carbocycles. The van der Waals surface area contributed by atoms with Gasteiger partial charge in [0.25, 0.3) is 0 Å². The number of fused-ring (bicyclic) bond motifs is 1. The van der Waals surface area contributed by atoms with Crippen LogP contribution >= 0.6 is 0 Å². The Hall–Kier alpha value is -3.22. The summed E-state index contributed by atoms with van der Waals surface area (Å²) in [6, 6.07) is 10.5. The van der Waals surface area contributed by atoms with E-state index in [1.54, 1.807) is 19.1 Å². The molecule has 1 N–H and O–H groups in total. The number of hydrogen-bond donors (Lipinski definition) is 1. The number of anilines is 1. The highest BCUT2D eigenvalue weighted by Crippen LogP contribution is 2.26. The van der Waals surface area contributed by atoms with Gasteiger partial charge in [0, 0.05) is 44.0 Å². The van der Waals surface area contributed by atoms with Crippen LogP contribution in [0.15, 0.2) is 48.8 Å². The molecule has 28 heavy (non-hydrogen) atoms. The van der Waals surface area contributed by atoms with E-state index < -0.39 is 5.92 Å². The van der Waals surface area contributed by atoms with E-state index in [2.05, 4.69) is 10.3 Å². The van der Waals surface area contributed by atoms with Crippen LogP contribution in [0.1, 0.15) is 17.7 Å². The molecule has 1 aliphatic heterocycles. The lowest BCUT2D eigenvalue weighted by Gasteiger charge is -2.17. The predicted octanol–water partition coefficient (Wildman–Crippen LogP) is 2.49. The molecule has 0 radical (unpaired) electrons. The summed E-state index contributed by atoms with van der Waals surface area (Å²) in [5.41, 5.74) is 2.78. The molecule has 7 heteroatoms. The summed E-state index contributed by atoms with van der Waals surface area (Å²) >= 11 is 0. The highest BCUT2D eigenvalue weighted by Gasteiger charge is 2.35. The fraction of sp³-hybridized carbons (Fsp3) is 0.286. The Morgan fingerprint density at radius 3 is 2.96 bits per heavy atom. The van der Waals surface area contributed by atoms with Crippen molar-refractivity contribution >= 4 is 23.1 Å². The zero-order valence-electron chi connectivity index (χ0n) is 15.6. The van der Waals surface area contributed by atoms with Crippen LogP contribution in [0.5, 0.6) is 0 Å². The first-order valence-electron chi connectivity index (χ1n) is 9.28. The number of halogens is 1. The van der Waals surface area contributed by atoms with Crippen molar-refractivity contribution in [2.45, 2.75) is 19.8 Å². The number of nitrogens with one attached hydrogen (secondary N) is 1. The molecule has 4 rings (SSSR count). The minimum atomic E-state index is -0.432. The van der Waals surface area contributed by atoms with E-state index in [1.165, 1.54) is 11.0 Å². The Morgan fingerprint density at radius 2 is 2.18 bits per heavy atom. The van der Waals surface area contributed by atoms with Crippen LogP contribution in [-0.2, 0) is 16.0 Å². The van der Waals surface area contributed by atoms with Gasteiger partial charge in [-0.05, 0) is 36.8 Å². The molecule has 0 spiro atoms. The van der Waals surface area contributed by atoms with Gasteiger partial charge in [0.2, 0.25) is 11.8 Å². The number of aryl methyl sites for hydroxylation is 1. The maximum Gasteiger partial charge on any atom is 0.227 e. The smallest absolute Gasteiger partial charge is 0.227 e. The summed E-state index contributed by atoms with van der Waals surface area (Å²) in [5.74, 6) is -1.11. The number of nitrogens with zero attached hydrogens (tertiary/aromatic N) is 3. The van der Waals surface area contributed by atoms with Crippen LogP contribution in [-0.4, -0.2) is 34.3 Å². The molecule has 1 fully saturated rings. The van der Waals surface area contributed by atoms with Crippen molar-refractivity contribution in [1.29, 1.82) is 0 Å². The maximum absolute atomic E-state index is 13.8. The first-order chi connectivity index (χ1) is 13.5. The number of carbonyl (C=O) groups is 2. The van der Waals surface area contributed by atoms with Gasteiger partial charge in [-0.25, -0.2) is 9.37 Å². The fourth-order valence-corrected chi connectivity index (χ4v) is 3.45. The monoisotopic (exact) mass is 380 g/mol. The highest BCUT2D eigenvalue weighted by molar-refractivity contribution is 6.00. The average molecular weight is 380 g/mol. The van der Waals surface area contributed by atoms with E-state index in [4.69, 9.17) is 0 Å². The van der Waals surface area contributed by atoms with E-state index in [1.807, 2.05) is 35.0 Å². The normalized spacial score (nSPS) is 16.7. The second-order valence-electron chi connectivity index (χ2n) is 7.08. The van der Waals surface area contributed by atoms with Crippen LogP contribution in [0.4, 0.5) is 10.1 Å². The number of carbonyl (C=O) groups excluding carboxylic acids is 2. The molecule has 2 aromatic heterocycles. The third-order valence-electron chi connectivity index (χ3n) is 5.06. The van der Waals surface area contributed by atoms with Crippen LogP contribution in [0.3, 0.4) is 0 Å². The quantitative estimate of drug-likeness (QED) is 0.740. The second-order valence-corrected chi connectivity index (χ2v) is 7.08. The summed E-state index contributed by atoms with van der Waals surface area (Å²) in [5, 5.41) is 2.89. The van der Waals surface area contributed by atoms with Crippen molar-refractivity contribution in [3.63, 3.8) is 0 Å². The van der Waals surface area contributed by atoms with Gasteiger partial charge in [-0.2, -0.15) is 0 Å². The predicted molar refractivity (Wildman–Crippen MR) is 104 cm³/mol. The van der Waals surface area contributed by atoms with Crippen LogP contribution in [0, 0.1) is 18.7 Å². The van der Waals surface area contributed by atoms with E-state index in [9.17, 15) is 14.0 Å². The van der Waals surface area contributed by atoms with Crippen LogP contribution in [0.25, 0.3) is 5.65 Å². The van der Waals surface area contributed by atoms with Gasteiger partial charge in [-0.3, -0.25) is 9.59 Å². The SMILES string of the molecule is Cc1ccc(N2CC(C(=O)NCCc3cn4ccccc4n3)CC2=O)cc1F. The lowest BCUT2D eigenvalue weighted by Crippen LogP contribution is -2.34. The van der Waals surface area contributed by atoms with Gasteiger partial charge in [-0.15, -0.1) is 0 Å². The topological polar surface area (TPSA) is 66.7 Å². The Kier molecular flexibility index (Phi) is 4.81. The van der Waals surface area contributed by atoms with Gasteiger partial charge in [-0.1, -0.05) is 12.1 Å². The summed E-state index contributed by atoms with van der Waals surface area (Å²) in [7, 11) is 0. The number of pyridine rings is 1. The molecule has 3 aromatic rings. The number of aromatic nitrogens is 2.